The van der Waals surface area contributed by atoms with Crippen LogP contribution in [0.3, 0.4) is 0 Å². The number of para-hydroxylation sites is 1. The van der Waals surface area contributed by atoms with E-state index in [2.05, 4.69) is 5.10 Å². The maximum absolute atomic E-state index is 12.6. The van der Waals surface area contributed by atoms with Crippen molar-refractivity contribution < 1.29 is 14.3 Å². The lowest BCUT2D eigenvalue weighted by Gasteiger charge is -2.19. The largest absolute Gasteiger partial charge is 0.451 e. The van der Waals surface area contributed by atoms with Crippen molar-refractivity contribution in [1.29, 1.82) is 10.5 Å². The molecule has 0 fully saturated rings. The number of halogens is 1. The highest BCUT2D eigenvalue weighted by Gasteiger charge is 2.21. The molecule has 0 aliphatic heterocycles. The summed E-state index contributed by atoms with van der Waals surface area (Å²) in [6.07, 6.45) is 0.276. The van der Waals surface area contributed by atoms with E-state index < -0.39 is 18.5 Å². The van der Waals surface area contributed by atoms with Crippen LogP contribution in [0.4, 0.5) is 0 Å². The first kappa shape index (κ1) is 22.3. The molecule has 158 valence electrons. The molecule has 8 nitrogen and oxygen atoms in total. The summed E-state index contributed by atoms with van der Waals surface area (Å²) in [6.45, 7) is 1.75. The highest BCUT2D eigenvalue weighted by molar-refractivity contribution is 7.20. The van der Waals surface area contributed by atoms with Crippen molar-refractivity contribution in [2.75, 3.05) is 19.7 Å². The number of hydrogen-bond donors (Lipinski definition) is 0. The molecule has 2 heterocycles. The summed E-state index contributed by atoms with van der Waals surface area (Å²) in [4.78, 5) is 27.3. The minimum atomic E-state index is -0.625. The summed E-state index contributed by atoms with van der Waals surface area (Å²) in [6, 6.07) is 12.9. The van der Waals surface area contributed by atoms with Crippen LogP contribution in [0.15, 0.2) is 30.3 Å². The van der Waals surface area contributed by atoms with Crippen LogP contribution < -0.4 is 0 Å². The first-order chi connectivity index (χ1) is 15.0. The van der Waals surface area contributed by atoms with Crippen LogP contribution in [-0.2, 0) is 9.53 Å². The van der Waals surface area contributed by atoms with Gasteiger partial charge in [0.05, 0.1) is 41.4 Å². The third kappa shape index (κ3) is 5.02. The fourth-order valence-electron chi connectivity index (χ4n) is 2.96. The molecule has 3 aromatic rings. The van der Waals surface area contributed by atoms with Gasteiger partial charge in [-0.3, -0.25) is 4.79 Å². The van der Waals surface area contributed by atoms with Gasteiger partial charge in [-0.15, -0.1) is 11.3 Å². The molecule has 1 aromatic carbocycles. The van der Waals surface area contributed by atoms with E-state index in [1.165, 1.54) is 16.2 Å². The van der Waals surface area contributed by atoms with Gasteiger partial charge in [0, 0.05) is 18.5 Å². The number of esters is 1. The Morgan fingerprint density at radius 3 is 2.55 bits per heavy atom. The summed E-state index contributed by atoms with van der Waals surface area (Å²) in [5.74, 6) is -1.07. The predicted molar refractivity (Wildman–Crippen MR) is 116 cm³/mol. The fourth-order valence-corrected chi connectivity index (χ4v) is 4.24. The first-order valence-corrected chi connectivity index (χ1v) is 10.6. The molecule has 0 spiro atoms. The van der Waals surface area contributed by atoms with Gasteiger partial charge in [-0.05, 0) is 25.1 Å². The normalized spacial score (nSPS) is 10.5. The van der Waals surface area contributed by atoms with E-state index in [0.717, 1.165) is 15.9 Å². The van der Waals surface area contributed by atoms with Crippen molar-refractivity contribution in [3.63, 3.8) is 0 Å². The van der Waals surface area contributed by atoms with Crippen molar-refractivity contribution in [3.05, 3.63) is 45.9 Å². The van der Waals surface area contributed by atoms with E-state index in [4.69, 9.17) is 26.9 Å². The average molecular weight is 456 g/mol. The second kappa shape index (κ2) is 10.1. The van der Waals surface area contributed by atoms with E-state index in [1.807, 2.05) is 37.3 Å². The summed E-state index contributed by atoms with van der Waals surface area (Å²) in [5, 5.41) is 23.3. The third-order valence-corrected chi connectivity index (χ3v) is 5.90. The molecular formula is C21H18ClN5O3S. The topological polar surface area (TPSA) is 112 Å². The molecule has 10 heteroatoms. The van der Waals surface area contributed by atoms with E-state index in [-0.39, 0.29) is 25.9 Å². The molecule has 2 aromatic heterocycles. The number of nitrogens with zero attached hydrogens (tertiary/aromatic N) is 5. The minimum Gasteiger partial charge on any atom is -0.451 e. The number of aromatic nitrogens is 2. The number of hydrogen-bond acceptors (Lipinski definition) is 7. The molecule has 0 aliphatic carbocycles. The first-order valence-electron chi connectivity index (χ1n) is 9.39. The number of nitriles is 2. The predicted octanol–water partition coefficient (Wildman–Crippen LogP) is 3.86. The van der Waals surface area contributed by atoms with Gasteiger partial charge >= 0.3 is 5.97 Å². The minimum absolute atomic E-state index is 0.138. The quantitative estimate of drug-likeness (QED) is 0.476. The lowest BCUT2D eigenvalue weighted by atomic mass is 10.3. The van der Waals surface area contributed by atoms with Gasteiger partial charge in [0.25, 0.3) is 5.91 Å². The van der Waals surface area contributed by atoms with Crippen molar-refractivity contribution in [2.45, 2.75) is 19.8 Å². The molecule has 31 heavy (non-hydrogen) atoms. The molecule has 0 saturated carbocycles. The zero-order chi connectivity index (χ0) is 22.4. The highest BCUT2D eigenvalue weighted by atomic mass is 35.5. The number of benzene rings is 1. The number of rotatable bonds is 8. The Hall–Kier alpha value is -3.40. The van der Waals surface area contributed by atoms with Crippen LogP contribution in [0, 0.1) is 29.6 Å². The van der Waals surface area contributed by atoms with Crippen LogP contribution in [-0.4, -0.2) is 46.3 Å². The van der Waals surface area contributed by atoms with Crippen LogP contribution in [0.5, 0.6) is 0 Å². The summed E-state index contributed by atoms with van der Waals surface area (Å²) in [7, 11) is 0. The van der Waals surface area contributed by atoms with Gasteiger partial charge < -0.3 is 9.64 Å². The fraction of sp³-hybridized carbons (Fsp3) is 0.286. The molecule has 0 atom stereocenters. The van der Waals surface area contributed by atoms with Gasteiger partial charge in [0.2, 0.25) is 0 Å². The van der Waals surface area contributed by atoms with Gasteiger partial charge in [0.1, 0.15) is 9.71 Å². The van der Waals surface area contributed by atoms with Crippen molar-refractivity contribution in [3.8, 4) is 17.8 Å². The Labute approximate surface area is 187 Å². The van der Waals surface area contributed by atoms with Crippen molar-refractivity contribution in [1.82, 2.24) is 14.7 Å². The second-order valence-corrected chi connectivity index (χ2v) is 7.99. The summed E-state index contributed by atoms with van der Waals surface area (Å²) >= 11 is 7.49. The maximum atomic E-state index is 12.6. The summed E-state index contributed by atoms with van der Waals surface area (Å²) in [5.41, 5.74) is 1.44. The standard InChI is InChI=1S/C21H18ClN5O3S/c1-14-15-12-18(31-20(15)27(25-14)17-7-3-2-6-16(17)22)21(29)30-13-19(28)26(10-4-8-23)11-5-9-24/h2-3,6-7,12H,4-5,10-11,13H2,1H3. The SMILES string of the molecule is Cc1nn(-c2ccccc2Cl)c2sc(C(=O)OCC(=O)N(CCC#N)CCC#N)cc12. The third-order valence-electron chi connectivity index (χ3n) is 4.49. The average Bonchev–Trinajstić information content (AvgIpc) is 3.33. The lowest BCUT2D eigenvalue weighted by molar-refractivity contribution is -0.134. The van der Waals surface area contributed by atoms with Crippen molar-refractivity contribution in [2.24, 2.45) is 0 Å². The van der Waals surface area contributed by atoms with Crippen LogP contribution in [0.25, 0.3) is 15.9 Å². The van der Waals surface area contributed by atoms with E-state index in [0.29, 0.717) is 15.6 Å². The number of amides is 1. The molecule has 3 rings (SSSR count). The number of carbonyl (C=O) groups excluding carboxylic acids is 2. The van der Waals surface area contributed by atoms with Crippen molar-refractivity contribution >= 4 is 45.0 Å². The molecule has 0 N–H and O–H groups in total. The maximum Gasteiger partial charge on any atom is 0.348 e. The zero-order valence-corrected chi connectivity index (χ0v) is 18.2. The summed E-state index contributed by atoms with van der Waals surface area (Å²) < 4.78 is 6.88. The van der Waals surface area contributed by atoms with Crippen LogP contribution in [0.2, 0.25) is 5.02 Å². The number of ether oxygens (including phenoxy) is 1. The molecule has 0 bridgehead atoms. The van der Waals surface area contributed by atoms with Crippen LogP contribution in [0.1, 0.15) is 28.2 Å². The highest BCUT2D eigenvalue weighted by Crippen LogP contribution is 2.32. The van der Waals surface area contributed by atoms with Gasteiger partial charge in [-0.25, -0.2) is 9.48 Å². The van der Waals surface area contributed by atoms with E-state index in [1.54, 1.807) is 16.8 Å². The molecule has 0 unspecified atom stereocenters. The Balaban J connectivity index is 1.75. The number of thiophene rings is 1. The molecule has 0 aliphatic rings. The molecular weight excluding hydrogens is 438 g/mol. The zero-order valence-electron chi connectivity index (χ0n) is 16.7. The van der Waals surface area contributed by atoms with E-state index in [9.17, 15) is 9.59 Å². The second-order valence-electron chi connectivity index (χ2n) is 6.55. The Kier molecular flexibility index (Phi) is 7.24. The molecule has 0 radical (unpaired) electrons. The van der Waals surface area contributed by atoms with Gasteiger partial charge in [-0.1, -0.05) is 23.7 Å². The monoisotopic (exact) mass is 455 g/mol. The lowest BCUT2D eigenvalue weighted by Crippen LogP contribution is -2.36. The Morgan fingerprint density at radius 1 is 1.23 bits per heavy atom. The Bertz CT molecular complexity index is 1190. The molecule has 0 saturated heterocycles. The number of carbonyl (C=O) groups is 2. The number of fused-ring (bicyclic) bond motifs is 1. The molecule has 1 amide bonds. The number of aryl methyl sites for hydroxylation is 1. The Morgan fingerprint density at radius 2 is 1.90 bits per heavy atom. The van der Waals surface area contributed by atoms with E-state index >= 15 is 0 Å². The van der Waals surface area contributed by atoms with Gasteiger partial charge in [0.15, 0.2) is 6.61 Å². The van der Waals surface area contributed by atoms with Crippen LogP contribution >= 0.6 is 22.9 Å². The smallest absolute Gasteiger partial charge is 0.348 e. The van der Waals surface area contributed by atoms with Gasteiger partial charge in [-0.2, -0.15) is 15.6 Å².